The molecule has 1 amide bonds. The zero-order valence-electron chi connectivity index (χ0n) is 12.6. The van der Waals surface area contributed by atoms with Gasteiger partial charge in [-0.1, -0.05) is 12.8 Å². The SMILES string of the molecule is COc1cc2c(cc1OC)[C@]13CCCC[C@H]1C(=O)N3CC2. The van der Waals surface area contributed by atoms with E-state index in [9.17, 15) is 4.79 Å². The number of rotatable bonds is 2. The van der Waals surface area contributed by atoms with Crippen molar-refractivity contribution < 1.29 is 14.3 Å². The van der Waals surface area contributed by atoms with Gasteiger partial charge in [-0.05, 0) is 42.5 Å². The molecule has 4 heteroatoms. The van der Waals surface area contributed by atoms with E-state index in [1.165, 1.54) is 24.0 Å². The molecule has 1 spiro atoms. The van der Waals surface area contributed by atoms with Crippen molar-refractivity contribution in [2.24, 2.45) is 5.92 Å². The van der Waals surface area contributed by atoms with Crippen LogP contribution in [0.5, 0.6) is 11.5 Å². The first kappa shape index (κ1) is 13.0. The number of hydrogen-bond donors (Lipinski definition) is 0. The Morgan fingerprint density at radius 2 is 1.95 bits per heavy atom. The fourth-order valence-electron chi connectivity index (χ4n) is 4.67. The molecule has 0 unspecified atom stereocenters. The molecule has 2 fully saturated rings. The van der Waals surface area contributed by atoms with E-state index >= 15 is 0 Å². The summed E-state index contributed by atoms with van der Waals surface area (Å²) in [5.74, 6) is 2.11. The third-order valence-corrected chi connectivity index (χ3v) is 5.60. The molecule has 21 heavy (non-hydrogen) atoms. The van der Waals surface area contributed by atoms with Crippen LogP contribution in [0.25, 0.3) is 0 Å². The second-order valence-electron chi connectivity index (χ2n) is 6.33. The molecule has 0 aromatic heterocycles. The van der Waals surface area contributed by atoms with E-state index in [-0.39, 0.29) is 11.5 Å². The average Bonchev–Trinajstić information content (AvgIpc) is 2.53. The largest absolute Gasteiger partial charge is 0.493 e. The number of benzene rings is 1. The van der Waals surface area contributed by atoms with Crippen molar-refractivity contribution in [2.45, 2.75) is 37.6 Å². The minimum Gasteiger partial charge on any atom is -0.493 e. The minimum absolute atomic E-state index is 0.0531. The van der Waals surface area contributed by atoms with Crippen molar-refractivity contribution in [3.05, 3.63) is 23.3 Å². The fourth-order valence-corrected chi connectivity index (χ4v) is 4.67. The standard InChI is InChI=1S/C17H21NO3/c1-20-14-9-11-6-8-18-16(19)12-5-3-4-7-17(12,18)13(11)10-15(14)21-2/h9-10,12H,3-8H2,1-2H3/t12-,17-/m0/s1. The Morgan fingerprint density at radius 3 is 2.71 bits per heavy atom. The quantitative estimate of drug-likeness (QED) is 0.784. The fraction of sp³-hybridized carbons (Fsp3) is 0.588. The Labute approximate surface area is 125 Å². The summed E-state index contributed by atoms with van der Waals surface area (Å²) in [5.41, 5.74) is 2.57. The summed E-state index contributed by atoms with van der Waals surface area (Å²) in [6.45, 7) is 0.845. The van der Waals surface area contributed by atoms with Crippen LogP contribution < -0.4 is 9.47 Å². The van der Waals surface area contributed by atoms with Gasteiger partial charge in [-0.3, -0.25) is 4.79 Å². The lowest BCUT2D eigenvalue weighted by Crippen LogP contribution is -2.71. The number of ether oxygens (including phenoxy) is 2. The van der Waals surface area contributed by atoms with Crippen molar-refractivity contribution in [3.8, 4) is 11.5 Å². The zero-order valence-corrected chi connectivity index (χ0v) is 12.6. The maximum absolute atomic E-state index is 12.4. The highest BCUT2D eigenvalue weighted by atomic mass is 16.5. The summed E-state index contributed by atoms with van der Waals surface area (Å²) >= 11 is 0. The number of amides is 1. The van der Waals surface area contributed by atoms with Crippen LogP contribution in [0.4, 0.5) is 0 Å². The Morgan fingerprint density at radius 1 is 1.19 bits per heavy atom. The van der Waals surface area contributed by atoms with Crippen LogP contribution in [0.3, 0.4) is 0 Å². The molecule has 3 aliphatic rings. The first-order chi connectivity index (χ1) is 10.2. The summed E-state index contributed by atoms with van der Waals surface area (Å²) in [7, 11) is 3.35. The molecule has 1 aromatic rings. The second-order valence-corrected chi connectivity index (χ2v) is 6.33. The van der Waals surface area contributed by atoms with Gasteiger partial charge >= 0.3 is 0 Å². The van der Waals surface area contributed by atoms with E-state index in [0.717, 1.165) is 37.3 Å². The van der Waals surface area contributed by atoms with Crippen LogP contribution in [0.2, 0.25) is 0 Å². The Bertz CT molecular complexity index is 612. The van der Waals surface area contributed by atoms with E-state index in [2.05, 4.69) is 17.0 Å². The molecule has 1 aromatic carbocycles. The Hall–Kier alpha value is -1.71. The van der Waals surface area contributed by atoms with Crippen LogP contribution >= 0.6 is 0 Å². The molecular weight excluding hydrogens is 266 g/mol. The van der Waals surface area contributed by atoms with Crippen LogP contribution in [0.1, 0.15) is 36.8 Å². The third kappa shape index (κ3) is 1.48. The second kappa shape index (κ2) is 4.39. The topological polar surface area (TPSA) is 38.8 Å². The Balaban J connectivity index is 1.88. The summed E-state index contributed by atoms with van der Waals surface area (Å²) < 4.78 is 10.9. The summed E-state index contributed by atoms with van der Waals surface area (Å²) in [6, 6.07) is 4.22. The molecule has 1 aliphatic carbocycles. The molecule has 1 saturated carbocycles. The van der Waals surface area contributed by atoms with Gasteiger partial charge in [0.1, 0.15) is 0 Å². The minimum atomic E-state index is -0.0531. The van der Waals surface area contributed by atoms with E-state index in [1.54, 1.807) is 14.2 Å². The van der Waals surface area contributed by atoms with E-state index < -0.39 is 0 Å². The van der Waals surface area contributed by atoms with Gasteiger partial charge in [-0.2, -0.15) is 0 Å². The van der Waals surface area contributed by atoms with Crippen molar-refractivity contribution in [1.82, 2.24) is 4.90 Å². The van der Waals surface area contributed by atoms with Gasteiger partial charge in [0, 0.05) is 6.54 Å². The lowest BCUT2D eigenvalue weighted by atomic mass is 9.58. The summed E-state index contributed by atoms with van der Waals surface area (Å²) in [6.07, 6.45) is 5.41. The molecule has 0 radical (unpaired) electrons. The normalized spacial score (nSPS) is 29.9. The van der Waals surface area contributed by atoms with Gasteiger partial charge in [-0.15, -0.1) is 0 Å². The van der Waals surface area contributed by atoms with Crippen molar-refractivity contribution >= 4 is 5.91 Å². The molecule has 112 valence electrons. The lowest BCUT2D eigenvalue weighted by molar-refractivity contribution is -0.181. The molecule has 4 rings (SSSR count). The maximum atomic E-state index is 12.4. The van der Waals surface area contributed by atoms with E-state index in [0.29, 0.717) is 5.91 Å². The third-order valence-electron chi connectivity index (χ3n) is 5.60. The highest BCUT2D eigenvalue weighted by Gasteiger charge is 2.62. The number of carbonyl (C=O) groups excluding carboxylic acids is 1. The van der Waals surface area contributed by atoms with Gasteiger partial charge in [0.2, 0.25) is 5.91 Å². The number of nitrogens with zero attached hydrogens (tertiary/aromatic N) is 1. The van der Waals surface area contributed by atoms with Crippen molar-refractivity contribution in [1.29, 1.82) is 0 Å². The van der Waals surface area contributed by atoms with Crippen molar-refractivity contribution in [3.63, 3.8) is 0 Å². The van der Waals surface area contributed by atoms with Gasteiger partial charge in [0.15, 0.2) is 11.5 Å². The molecule has 2 aliphatic heterocycles. The van der Waals surface area contributed by atoms with Gasteiger partial charge in [0.25, 0.3) is 0 Å². The maximum Gasteiger partial charge on any atom is 0.229 e. The van der Waals surface area contributed by atoms with Crippen LogP contribution in [-0.2, 0) is 16.8 Å². The predicted octanol–water partition coefficient (Wildman–Crippen LogP) is 2.49. The molecule has 4 nitrogen and oxygen atoms in total. The first-order valence-electron chi connectivity index (χ1n) is 7.79. The van der Waals surface area contributed by atoms with Gasteiger partial charge in [0.05, 0.1) is 25.7 Å². The molecule has 0 bridgehead atoms. The number of fused-ring (bicyclic) bond motifs is 1. The molecule has 1 saturated heterocycles. The molecular formula is C17H21NO3. The lowest BCUT2D eigenvalue weighted by Gasteiger charge is -2.63. The number of hydrogen-bond acceptors (Lipinski definition) is 3. The predicted molar refractivity (Wildman–Crippen MR) is 78.6 cm³/mol. The molecule has 2 heterocycles. The van der Waals surface area contributed by atoms with Crippen LogP contribution in [-0.4, -0.2) is 31.6 Å². The van der Waals surface area contributed by atoms with Crippen molar-refractivity contribution in [2.75, 3.05) is 20.8 Å². The average molecular weight is 287 g/mol. The zero-order chi connectivity index (χ0) is 14.6. The summed E-state index contributed by atoms with van der Waals surface area (Å²) in [5, 5.41) is 0. The highest BCUT2D eigenvalue weighted by Crippen LogP contribution is 2.58. The molecule has 0 N–H and O–H groups in total. The van der Waals surface area contributed by atoms with Gasteiger partial charge < -0.3 is 14.4 Å². The first-order valence-corrected chi connectivity index (χ1v) is 7.79. The van der Waals surface area contributed by atoms with E-state index in [4.69, 9.17) is 9.47 Å². The number of β-lactam (4-membered cyclic amide) rings is 1. The van der Waals surface area contributed by atoms with Crippen LogP contribution in [0.15, 0.2) is 12.1 Å². The summed E-state index contributed by atoms with van der Waals surface area (Å²) in [4.78, 5) is 14.5. The highest BCUT2D eigenvalue weighted by molar-refractivity contribution is 5.89. The Kier molecular flexibility index (Phi) is 2.72. The van der Waals surface area contributed by atoms with Gasteiger partial charge in [-0.25, -0.2) is 0 Å². The number of carbonyl (C=O) groups is 1. The van der Waals surface area contributed by atoms with Crippen LogP contribution in [0, 0.1) is 5.92 Å². The number of methoxy groups -OCH3 is 2. The smallest absolute Gasteiger partial charge is 0.229 e. The monoisotopic (exact) mass is 287 g/mol. The molecule has 2 atom stereocenters. The van der Waals surface area contributed by atoms with E-state index in [1.807, 2.05) is 0 Å².